The van der Waals surface area contributed by atoms with Gasteiger partial charge in [0.1, 0.15) is 5.78 Å². The molecule has 3 nitrogen and oxygen atoms in total. The van der Waals surface area contributed by atoms with Gasteiger partial charge in [-0.15, -0.1) is 0 Å². The lowest BCUT2D eigenvalue weighted by molar-refractivity contribution is -0.129. The van der Waals surface area contributed by atoms with Crippen LogP contribution < -0.4 is 4.90 Å². The minimum atomic E-state index is -0.00741. The van der Waals surface area contributed by atoms with Gasteiger partial charge in [0.15, 0.2) is 0 Å². The normalized spacial score (nSPS) is 37.6. The van der Waals surface area contributed by atoms with E-state index in [1.807, 2.05) is 0 Å². The van der Waals surface area contributed by atoms with Crippen LogP contribution in [0.2, 0.25) is 0 Å². The van der Waals surface area contributed by atoms with E-state index in [9.17, 15) is 4.79 Å². The van der Waals surface area contributed by atoms with Crippen molar-refractivity contribution in [3.63, 3.8) is 0 Å². The number of rotatable bonds is 1. The number of carbonyl (C=O) groups is 1. The van der Waals surface area contributed by atoms with Crippen molar-refractivity contribution in [2.45, 2.75) is 77.0 Å². The maximum atomic E-state index is 12.6. The quantitative estimate of drug-likeness (QED) is 0.615. The summed E-state index contributed by atoms with van der Waals surface area (Å²) in [5.74, 6) is 2.62. The Bertz CT molecular complexity index is 831. The fourth-order valence-electron chi connectivity index (χ4n) is 8.08. The molecule has 2 heterocycles. The van der Waals surface area contributed by atoms with Crippen LogP contribution in [0.3, 0.4) is 0 Å². The molecule has 3 aliphatic carbocycles. The molecule has 0 bridgehead atoms. The Morgan fingerprint density at radius 3 is 2.57 bits per heavy atom. The largest absolute Gasteiger partial charge is 0.381 e. The molecule has 2 aliphatic heterocycles. The number of ether oxygens (including phenoxy) is 1. The number of hydrogen-bond donors (Lipinski definition) is 0. The fourth-order valence-corrected chi connectivity index (χ4v) is 8.08. The van der Waals surface area contributed by atoms with Crippen LogP contribution in [0.15, 0.2) is 18.2 Å². The SMILES string of the molecule is CC12CCC3c4ccc(N5CCC6(CCOCC6)CC5)cc4CCC3C1CCC2=O. The Labute approximate surface area is 181 Å². The molecule has 6 rings (SSSR count). The highest BCUT2D eigenvalue weighted by molar-refractivity contribution is 5.87. The predicted octanol–water partition coefficient (Wildman–Crippen LogP) is 5.51. The summed E-state index contributed by atoms with van der Waals surface area (Å²) in [6, 6.07) is 7.41. The van der Waals surface area contributed by atoms with Gasteiger partial charge >= 0.3 is 0 Å². The summed E-state index contributed by atoms with van der Waals surface area (Å²) in [6.07, 6.45) is 12.0. The number of ketones is 1. The number of Topliss-reactive ketones (excluding diaryl/α,β-unsaturated/α-hetero) is 1. The van der Waals surface area contributed by atoms with Crippen LogP contribution in [-0.2, 0) is 16.0 Å². The maximum absolute atomic E-state index is 12.6. The van der Waals surface area contributed by atoms with Crippen molar-refractivity contribution in [1.82, 2.24) is 0 Å². The minimum absolute atomic E-state index is 0.00741. The molecule has 4 unspecified atom stereocenters. The summed E-state index contributed by atoms with van der Waals surface area (Å²) < 4.78 is 5.62. The number of nitrogens with zero attached hydrogens (tertiary/aromatic N) is 1. The summed E-state index contributed by atoms with van der Waals surface area (Å²) in [4.78, 5) is 15.2. The molecule has 2 saturated carbocycles. The van der Waals surface area contributed by atoms with Crippen molar-refractivity contribution in [2.24, 2.45) is 22.7 Å². The molecule has 30 heavy (non-hydrogen) atoms. The zero-order valence-corrected chi connectivity index (χ0v) is 18.6. The third kappa shape index (κ3) is 2.91. The molecule has 4 atom stereocenters. The van der Waals surface area contributed by atoms with Crippen LogP contribution in [0.1, 0.15) is 81.8 Å². The Balaban J connectivity index is 1.19. The van der Waals surface area contributed by atoms with Gasteiger partial charge in [0.25, 0.3) is 0 Å². The molecule has 4 fully saturated rings. The highest BCUT2D eigenvalue weighted by Crippen LogP contribution is 2.59. The minimum Gasteiger partial charge on any atom is -0.381 e. The zero-order valence-electron chi connectivity index (χ0n) is 18.6. The van der Waals surface area contributed by atoms with Gasteiger partial charge in [-0.25, -0.2) is 0 Å². The number of anilines is 1. The first-order valence-electron chi connectivity index (χ1n) is 12.6. The van der Waals surface area contributed by atoms with Gasteiger partial charge in [0, 0.05) is 43.8 Å². The number of piperidine rings is 1. The number of carbonyl (C=O) groups excluding carboxylic acids is 1. The van der Waals surface area contributed by atoms with Gasteiger partial charge in [-0.1, -0.05) is 13.0 Å². The van der Waals surface area contributed by atoms with Gasteiger partial charge < -0.3 is 9.64 Å². The Hall–Kier alpha value is -1.35. The van der Waals surface area contributed by atoms with Gasteiger partial charge in [-0.05, 0) is 104 Å². The maximum Gasteiger partial charge on any atom is 0.139 e. The van der Waals surface area contributed by atoms with Crippen LogP contribution in [0.4, 0.5) is 5.69 Å². The van der Waals surface area contributed by atoms with E-state index in [0.717, 1.165) is 38.4 Å². The first kappa shape index (κ1) is 19.3. The van der Waals surface area contributed by atoms with Crippen molar-refractivity contribution in [2.75, 3.05) is 31.2 Å². The van der Waals surface area contributed by atoms with Gasteiger partial charge in [0.05, 0.1) is 0 Å². The van der Waals surface area contributed by atoms with E-state index >= 15 is 0 Å². The van der Waals surface area contributed by atoms with Gasteiger partial charge in [-0.3, -0.25) is 4.79 Å². The Morgan fingerprint density at radius 1 is 0.967 bits per heavy atom. The topological polar surface area (TPSA) is 29.5 Å². The van der Waals surface area contributed by atoms with Crippen LogP contribution >= 0.6 is 0 Å². The molecule has 162 valence electrons. The van der Waals surface area contributed by atoms with Crippen molar-refractivity contribution < 1.29 is 9.53 Å². The smallest absolute Gasteiger partial charge is 0.139 e. The second-order valence-corrected chi connectivity index (χ2v) is 11.3. The predicted molar refractivity (Wildman–Crippen MR) is 120 cm³/mol. The van der Waals surface area contributed by atoms with Crippen molar-refractivity contribution >= 4 is 11.5 Å². The lowest BCUT2D eigenvalue weighted by Crippen LogP contribution is -2.43. The highest BCUT2D eigenvalue weighted by atomic mass is 16.5. The van der Waals surface area contributed by atoms with Gasteiger partial charge in [0.2, 0.25) is 0 Å². The Kier molecular flexibility index (Phi) is 4.57. The molecule has 0 aromatic heterocycles. The summed E-state index contributed by atoms with van der Waals surface area (Å²) in [6.45, 7) is 6.62. The van der Waals surface area contributed by atoms with Crippen LogP contribution in [0, 0.1) is 22.7 Å². The Morgan fingerprint density at radius 2 is 1.77 bits per heavy atom. The molecule has 2 saturated heterocycles. The second-order valence-electron chi connectivity index (χ2n) is 11.3. The molecule has 0 radical (unpaired) electrons. The third-order valence-electron chi connectivity index (χ3n) is 10.2. The van der Waals surface area contributed by atoms with Gasteiger partial charge in [-0.2, -0.15) is 0 Å². The molecule has 3 heteroatoms. The average molecular weight is 408 g/mol. The van der Waals surface area contributed by atoms with Crippen molar-refractivity contribution in [1.29, 1.82) is 0 Å². The number of aryl methyl sites for hydroxylation is 1. The molecule has 1 aromatic carbocycles. The number of benzene rings is 1. The summed E-state index contributed by atoms with van der Waals surface area (Å²) in [5, 5.41) is 0. The lowest BCUT2D eigenvalue weighted by atomic mass is 9.55. The van der Waals surface area contributed by atoms with E-state index in [1.165, 1.54) is 63.7 Å². The summed E-state index contributed by atoms with van der Waals surface area (Å²) in [7, 11) is 0. The fraction of sp³-hybridized carbons (Fsp3) is 0.741. The number of fused-ring (bicyclic) bond motifs is 5. The molecule has 1 aromatic rings. The zero-order chi connectivity index (χ0) is 20.3. The first-order chi connectivity index (χ1) is 14.6. The average Bonchev–Trinajstić information content (AvgIpc) is 3.09. The third-order valence-corrected chi connectivity index (χ3v) is 10.2. The van der Waals surface area contributed by atoms with Crippen LogP contribution in [0.25, 0.3) is 0 Å². The van der Waals surface area contributed by atoms with Crippen LogP contribution in [-0.4, -0.2) is 32.1 Å². The molecule has 0 N–H and O–H groups in total. The molecule has 5 aliphatic rings. The van der Waals surface area contributed by atoms with Crippen molar-refractivity contribution in [3.05, 3.63) is 29.3 Å². The van der Waals surface area contributed by atoms with Crippen LogP contribution in [0.5, 0.6) is 0 Å². The first-order valence-corrected chi connectivity index (χ1v) is 12.6. The summed E-state index contributed by atoms with van der Waals surface area (Å²) in [5.41, 5.74) is 5.23. The molecular weight excluding hydrogens is 370 g/mol. The molecule has 1 spiro atoms. The lowest BCUT2D eigenvalue weighted by Gasteiger charge is -2.48. The standard InChI is InChI=1S/C27H37NO2/c1-26-9-8-22-21-5-3-20(28-14-10-27(11-15-28)12-16-30-17-13-27)18-19(21)2-4-23(22)24(26)6-7-25(26)29/h3,5,18,22-24H,2,4,6-17H2,1H3. The second kappa shape index (κ2) is 7.08. The van der Waals surface area contributed by atoms with E-state index in [2.05, 4.69) is 30.0 Å². The highest BCUT2D eigenvalue weighted by Gasteiger charge is 2.54. The van der Waals surface area contributed by atoms with Crippen molar-refractivity contribution in [3.8, 4) is 0 Å². The van der Waals surface area contributed by atoms with E-state index < -0.39 is 0 Å². The molecule has 0 amide bonds. The van der Waals surface area contributed by atoms with E-state index in [1.54, 1.807) is 11.1 Å². The monoisotopic (exact) mass is 407 g/mol. The van der Waals surface area contributed by atoms with E-state index in [4.69, 9.17) is 4.74 Å². The van der Waals surface area contributed by atoms with E-state index in [-0.39, 0.29) is 5.41 Å². The number of hydrogen-bond acceptors (Lipinski definition) is 3. The molecular formula is C27H37NO2. The van der Waals surface area contributed by atoms with E-state index in [0.29, 0.717) is 23.0 Å². The summed E-state index contributed by atoms with van der Waals surface area (Å²) >= 11 is 0.